The maximum absolute atomic E-state index is 13.2. The van der Waals surface area contributed by atoms with Crippen LogP contribution < -0.4 is 10.1 Å². The van der Waals surface area contributed by atoms with Gasteiger partial charge in [0.1, 0.15) is 17.9 Å². The van der Waals surface area contributed by atoms with Gasteiger partial charge in [-0.3, -0.25) is 9.69 Å². The van der Waals surface area contributed by atoms with Crippen molar-refractivity contribution in [3.8, 4) is 5.75 Å². The lowest BCUT2D eigenvalue weighted by Gasteiger charge is -2.24. The lowest BCUT2D eigenvalue weighted by molar-refractivity contribution is -0.131. The molecule has 1 N–H and O–H groups in total. The third-order valence-corrected chi connectivity index (χ3v) is 5.49. The molecule has 3 amide bonds. The Morgan fingerprint density at radius 2 is 1.76 bits per heavy atom. The Balaban J connectivity index is 1.52. The second-order valence-corrected chi connectivity index (χ2v) is 7.39. The number of carbonyl (C=O) groups excluding carboxylic acids is 2. The van der Waals surface area contributed by atoms with Gasteiger partial charge in [0.15, 0.2) is 0 Å². The number of benzene rings is 3. The highest BCUT2D eigenvalue weighted by Crippen LogP contribution is 2.33. The minimum atomic E-state index is -1.10. The minimum absolute atomic E-state index is 0.196. The zero-order chi connectivity index (χ0) is 20.4. The normalized spacial score (nSPS) is 18.9. The largest absolute Gasteiger partial charge is 0.492 e. The van der Waals surface area contributed by atoms with Crippen LogP contribution in [0.25, 0.3) is 10.8 Å². The van der Waals surface area contributed by atoms with Crippen LogP contribution in [-0.2, 0) is 16.8 Å². The van der Waals surface area contributed by atoms with E-state index in [1.54, 1.807) is 6.92 Å². The summed E-state index contributed by atoms with van der Waals surface area (Å²) < 4.78 is 5.78. The quantitative estimate of drug-likeness (QED) is 0.643. The van der Waals surface area contributed by atoms with E-state index in [0.717, 1.165) is 28.5 Å². The maximum Gasteiger partial charge on any atom is 0.325 e. The molecule has 4 rings (SSSR count). The maximum atomic E-state index is 13.2. The second-order valence-electron chi connectivity index (χ2n) is 7.39. The number of urea groups is 1. The van der Waals surface area contributed by atoms with Crippen LogP contribution in [0.4, 0.5) is 4.79 Å². The van der Waals surface area contributed by atoms with Crippen LogP contribution in [0, 0.1) is 0 Å². The molecule has 1 unspecified atom stereocenters. The predicted molar refractivity (Wildman–Crippen MR) is 113 cm³/mol. The van der Waals surface area contributed by atoms with E-state index in [1.807, 2.05) is 66.7 Å². The van der Waals surface area contributed by atoms with E-state index in [-0.39, 0.29) is 19.1 Å². The van der Waals surface area contributed by atoms with Gasteiger partial charge in [0.2, 0.25) is 0 Å². The highest BCUT2D eigenvalue weighted by Gasteiger charge is 2.49. The number of imide groups is 1. The molecule has 3 aromatic carbocycles. The highest BCUT2D eigenvalue weighted by atomic mass is 16.5. The van der Waals surface area contributed by atoms with Crippen LogP contribution in [-0.4, -0.2) is 30.0 Å². The van der Waals surface area contributed by atoms with Gasteiger partial charge >= 0.3 is 6.03 Å². The van der Waals surface area contributed by atoms with Crippen molar-refractivity contribution in [3.05, 3.63) is 77.9 Å². The summed E-state index contributed by atoms with van der Waals surface area (Å²) in [5.41, 5.74) is 0.883. The third-order valence-electron chi connectivity index (χ3n) is 5.49. The van der Waals surface area contributed by atoms with E-state index in [1.165, 1.54) is 10.5 Å². The highest BCUT2D eigenvalue weighted by molar-refractivity contribution is 6.09. The van der Waals surface area contributed by atoms with Crippen LogP contribution in [0.2, 0.25) is 0 Å². The number of hydrogen-bond donors (Lipinski definition) is 1. The Morgan fingerprint density at radius 3 is 2.59 bits per heavy atom. The molecular formula is C24H24N2O3. The molecule has 0 bridgehead atoms. The second kappa shape index (κ2) is 7.59. The Morgan fingerprint density at radius 1 is 1.00 bits per heavy atom. The summed E-state index contributed by atoms with van der Waals surface area (Å²) in [6.07, 6.45) is 0.924. The number of nitrogens with zero attached hydrogens (tertiary/aromatic N) is 1. The SMILES string of the molecule is CCc1cccc(OCCN2C(=O)NC(C)(c3cccc4ccccc34)C2=O)c1. The van der Waals surface area contributed by atoms with Crippen molar-refractivity contribution in [3.63, 3.8) is 0 Å². The topological polar surface area (TPSA) is 58.6 Å². The fourth-order valence-electron chi connectivity index (χ4n) is 3.85. The van der Waals surface area contributed by atoms with E-state index in [0.29, 0.717) is 0 Å². The summed E-state index contributed by atoms with van der Waals surface area (Å²) in [5, 5.41) is 4.88. The molecule has 1 saturated heterocycles. The van der Waals surface area contributed by atoms with E-state index in [2.05, 4.69) is 12.2 Å². The molecule has 0 radical (unpaired) electrons. The lowest BCUT2D eigenvalue weighted by Crippen LogP contribution is -2.41. The van der Waals surface area contributed by atoms with Crippen LogP contribution in [0.1, 0.15) is 25.0 Å². The molecule has 0 aliphatic carbocycles. The molecule has 1 heterocycles. The number of hydrogen-bond acceptors (Lipinski definition) is 3. The van der Waals surface area contributed by atoms with Gasteiger partial charge < -0.3 is 10.1 Å². The standard InChI is InChI=1S/C24H24N2O3/c1-3-17-8-6-11-19(16-17)29-15-14-26-22(27)24(2,25-23(26)28)21-13-7-10-18-9-4-5-12-20(18)21/h4-13,16H,3,14-15H2,1-2H3,(H,25,28). The smallest absolute Gasteiger partial charge is 0.325 e. The monoisotopic (exact) mass is 388 g/mol. The molecule has 1 aliphatic rings. The lowest BCUT2D eigenvalue weighted by atomic mass is 9.88. The molecule has 1 aliphatic heterocycles. The molecule has 3 aromatic rings. The number of carbonyl (C=O) groups is 2. The Kier molecular flexibility index (Phi) is 4.97. The van der Waals surface area contributed by atoms with Gasteiger partial charge in [0.05, 0.1) is 6.54 Å². The van der Waals surface area contributed by atoms with Gasteiger partial charge in [0.25, 0.3) is 5.91 Å². The molecule has 0 aromatic heterocycles. The average molecular weight is 388 g/mol. The van der Waals surface area contributed by atoms with Crippen molar-refractivity contribution in [1.82, 2.24) is 10.2 Å². The van der Waals surface area contributed by atoms with Gasteiger partial charge in [0, 0.05) is 0 Å². The van der Waals surface area contributed by atoms with Crippen LogP contribution >= 0.6 is 0 Å². The molecule has 0 spiro atoms. The Bertz CT molecular complexity index is 1070. The first-order valence-electron chi connectivity index (χ1n) is 9.87. The zero-order valence-electron chi connectivity index (χ0n) is 16.6. The third kappa shape index (κ3) is 3.44. The van der Waals surface area contributed by atoms with Crippen molar-refractivity contribution in [2.75, 3.05) is 13.2 Å². The fourth-order valence-corrected chi connectivity index (χ4v) is 3.85. The van der Waals surface area contributed by atoms with E-state index in [4.69, 9.17) is 4.74 Å². The first-order chi connectivity index (χ1) is 14.0. The number of rotatable bonds is 6. The Hall–Kier alpha value is -3.34. The van der Waals surface area contributed by atoms with Gasteiger partial charge in [-0.1, -0.05) is 61.5 Å². The zero-order valence-corrected chi connectivity index (χ0v) is 16.6. The van der Waals surface area contributed by atoms with E-state index < -0.39 is 11.6 Å². The molecule has 29 heavy (non-hydrogen) atoms. The van der Waals surface area contributed by atoms with Crippen LogP contribution in [0.3, 0.4) is 0 Å². The molecule has 148 valence electrons. The summed E-state index contributed by atoms with van der Waals surface area (Å²) in [7, 11) is 0. The first kappa shape index (κ1) is 19.0. The van der Waals surface area contributed by atoms with E-state index >= 15 is 0 Å². The molecule has 5 heteroatoms. The number of fused-ring (bicyclic) bond motifs is 1. The minimum Gasteiger partial charge on any atom is -0.492 e. The summed E-state index contributed by atoms with van der Waals surface area (Å²) >= 11 is 0. The number of ether oxygens (including phenoxy) is 1. The summed E-state index contributed by atoms with van der Waals surface area (Å²) in [6, 6.07) is 21.1. The van der Waals surface area contributed by atoms with Gasteiger partial charge in [-0.25, -0.2) is 4.79 Å². The summed E-state index contributed by atoms with van der Waals surface area (Å²) in [4.78, 5) is 27.0. The van der Waals surface area contributed by atoms with Gasteiger partial charge in [-0.2, -0.15) is 0 Å². The van der Waals surface area contributed by atoms with Crippen LogP contribution in [0.5, 0.6) is 5.75 Å². The molecule has 5 nitrogen and oxygen atoms in total. The first-order valence-corrected chi connectivity index (χ1v) is 9.87. The summed E-state index contributed by atoms with van der Waals surface area (Å²) in [6.45, 7) is 4.29. The molecule has 0 saturated carbocycles. The van der Waals surface area contributed by atoms with Crippen molar-refractivity contribution >= 4 is 22.7 Å². The van der Waals surface area contributed by atoms with Crippen molar-refractivity contribution in [2.24, 2.45) is 0 Å². The number of nitrogens with one attached hydrogen (secondary N) is 1. The average Bonchev–Trinajstić information content (AvgIpc) is 2.97. The van der Waals surface area contributed by atoms with Crippen molar-refractivity contribution < 1.29 is 14.3 Å². The molecular weight excluding hydrogens is 364 g/mol. The van der Waals surface area contributed by atoms with Gasteiger partial charge in [-0.05, 0) is 47.4 Å². The van der Waals surface area contributed by atoms with Gasteiger partial charge in [-0.15, -0.1) is 0 Å². The number of aryl methyl sites for hydroxylation is 1. The predicted octanol–water partition coefficient (Wildman–Crippen LogP) is 4.25. The fraction of sp³-hybridized carbons (Fsp3) is 0.250. The Labute approximate surface area is 170 Å². The van der Waals surface area contributed by atoms with Crippen LogP contribution in [0.15, 0.2) is 66.7 Å². The van der Waals surface area contributed by atoms with Crippen molar-refractivity contribution in [2.45, 2.75) is 25.8 Å². The van der Waals surface area contributed by atoms with Crippen molar-refractivity contribution in [1.29, 1.82) is 0 Å². The molecule has 1 atom stereocenters. The number of amides is 3. The van der Waals surface area contributed by atoms with E-state index in [9.17, 15) is 9.59 Å². The summed E-state index contributed by atoms with van der Waals surface area (Å²) in [5.74, 6) is 0.484. The molecule has 1 fully saturated rings.